The first-order valence-corrected chi connectivity index (χ1v) is 10.7. The van der Waals surface area contributed by atoms with Crippen molar-refractivity contribution in [1.82, 2.24) is 9.66 Å². The maximum absolute atomic E-state index is 13.3. The van der Waals surface area contributed by atoms with E-state index in [0.29, 0.717) is 38.3 Å². The fraction of sp³-hybridized carbons (Fsp3) is 0.136. The van der Waals surface area contributed by atoms with E-state index >= 15 is 0 Å². The van der Waals surface area contributed by atoms with Crippen molar-refractivity contribution < 1.29 is 8.81 Å². The Hall–Kier alpha value is -2.58. The van der Waals surface area contributed by atoms with Crippen LogP contribution in [0.5, 0.6) is 0 Å². The molecule has 0 N–H and O–H groups in total. The van der Waals surface area contributed by atoms with Crippen LogP contribution in [-0.2, 0) is 0 Å². The van der Waals surface area contributed by atoms with Gasteiger partial charge in [0, 0.05) is 20.4 Å². The minimum absolute atomic E-state index is 0.00905. The second-order valence-electron chi connectivity index (χ2n) is 6.97. The Morgan fingerprint density at radius 1 is 1.13 bits per heavy atom. The van der Waals surface area contributed by atoms with Gasteiger partial charge in [-0.15, -0.1) is 0 Å². The van der Waals surface area contributed by atoms with Gasteiger partial charge in [0.1, 0.15) is 23.2 Å². The largest absolute Gasteiger partial charge is 0.455 e. The van der Waals surface area contributed by atoms with E-state index in [1.807, 2.05) is 19.9 Å². The molecule has 4 aromatic rings. The van der Waals surface area contributed by atoms with Crippen LogP contribution < -0.4 is 5.56 Å². The van der Waals surface area contributed by atoms with Gasteiger partial charge in [0.05, 0.1) is 17.1 Å². The highest BCUT2D eigenvalue weighted by Gasteiger charge is 2.14. The average Bonchev–Trinajstić information content (AvgIpc) is 3.16. The van der Waals surface area contributed by atoms with Gasteiger partial charge >= 0.3 is 0 Å². The summed E-state index contributed by atoms with van der Waals surface area (Å²) in [6.07, 6.45) is 1.47. The zero-order valence-corrected chi connectivity index (χ0v) is 19.2. The van der Waals surface area contributed by atoms with Crippen molar-refractivity contribution >= 4 is 49.0 Å². The number of furan rings is 1. The summed E-state index contributed by atoms with van der Waals surface area (Å²) < 4.78 is 21.8. The molecular formula is C22H16Br2FN3O2. The van der Waals surface area contributed by atoms with Crippen LogP contribution in [-0.4, -0.2) is 15.9 Å². The molecule has 2 aromatic carbocycles. The summed E-state index contributed by atoms with van der Waals surface area (Å²) in [6, 6.07) is 13.3. The minimum Gasteiger partial charge on any atom is -0.455 e. The third-order valence-electron chi connectivity index (χ3n) is 4.47. The Labute approximate surface area is 188 Å². The van der Waals surface area contributed by atoms with Crippen LogP contribution in [0.15, 0.2) is 71.8 Å². The van der Waals surface area contributed by atoms with Crippen molar-refractivity contribution in [3.05, 3.63) is 85.2 Å². The first-order valence-electron chi connectivity index (χ1n) is 9.15. The van der Waals surface area contributed by atoms with Crippen molar-refractivity contribution in [3.8, 4) is 11.3 Å². The van der Waals surface area contributed by atoms with Gasteiger partial charge in [0.2, 0.25) is 0 Å². The summed E-state index contributed by atoms with van der Waals surface area (Å²) in [7, 11) is 0. The van der Waals surface area contributed by atoms with Gasteiger partial charge in [-0.3, -0.25) is 4.79 Å². The second-order valence-corrected chi connectivity index (χ2v) is 8.74. The molecule has 0 fully saturated rings. The topological polar surface area (TPSA) is 60.4 Å². The summed E-state index contributed by atoms with van der Waals surface area (Å²) >= 11 is 6.73. The molecule has 0 bridgehead atoms. The molecule has 4 rings (SSSR count). The van der Waals surface area contributed by atoms with Crippen LogP contribution in [0.25, 0.3) is 22.2 Å². The summed E-state index contributed by atoms with van der Waals surface area (Å²) in [6.45, 7) is 3.91. The van der Waals surface area contributed by atoms with E-state index < -0.39 is 0 Å². The minimum atomic E-state index is -0.338. The van der Waals surface area contributed by atoms with Crippen LogP contribution >= 0.6 is 31.9 Å². The summed E-state index contributed by atoms with van der Waals surface area (Å²) in [5.74, 6) is 1.22. The molecule has 0 aliphatic carbocycles. The molecule has 0 radical (unpaired) electrons. The molecular weight excluding hydrogens is 517 g/mol. The normalized spacial score (nSPS) is 11.8. The Bertz CT molecular complexity index is 1340. The number of rotatable bonds is 4. The fourth-order valence-corrected chi connectivity index (χ4v) is 3.93. The smallest absolute Gasteiger partial charge is 0.282 e. The second kappa shape index (κ2) is 8.28. The lowest BCUT2D eigenvalue weighted by molar-refractivity contribution is 0.572. The van der Waals surface area contributed by atoms with Gasteiger partial charge in [0.25, 0.3) is 5.56 Å². The van der Waals surface area contributed by atoms with E-state index in [-0.39, 0.29) is 17.3 Å². The third-order valence-corrected chi connectivity index (χ3v) is 5.62. The van der Waals surface area contributed by atoms with E-state index in [9.17, 15) is 9.18 Å². The van der Waals surface area contributed by atoms with Crippen molar-refractivity contribution in [2.75, 3.05) is 0 Å². The highest BCUT2D eigenvalue weighted by molar-refractivity contribution is 9.10. The molecule has 152 valence electrons. The number of aromatic nitrogens is 2. The SMILES string of the molecule is CC(C)c1nc2ccc(Br)cc2c(=O)n1N=Cc1ccc(-c2ccc(F)cc2Br)o1. The molecule has 2 aromatic heterocycles. The standard InChI is InChI=1S/C22H16Br2FN3O2/c1-12(2)21-27-19-7-3-13(23)9-17(19)22(29)28(21)26-11-15-5-8-20(30-15)16-6-4-14(25)10-18(16)24/h3-12H,1-2H3. The summed E-state index contributed by atoms with van der Waals surface area (Å²) in [5, 5.41) is 4.83. The predicted octanol–water partition coefficient (Wildman–Crippen LogP) is 6.33. The molecule has 0 aliphatic rings. The quantitative estimate of drug-likeness (QED) is 0.289. The maximum atomic E-state index is 13.3. The van der Waals surface area contributed by atoms with Crippen molar-refractivity contribution in [2.24, 2.45) is 5.10 Å². The number of halogens is 3. The first kappa shape index (κ1) is 20.7. The van der Waals surface area contributed by atoms with Crippen LogP contribution in [0.1, 0.15) is 31.4 Å². The van der Waals surface area contributed by atoms with Crippen LogP contribution in [0.3, 0.4) is 0 Å². The molecule has 2 heterocycles. The highest BCUT2D eigenvalue weighted by Crippen LogP contribution is 2.30. The molecule has 8 heteroatoms. The predicted molar refractivity (Wildman–Crippen MR) is 123 cm³/mol. The fourth-order valence-electron chi connectivity index (χ4n) is 3.02. The summed E-state index contributed by atoms with van der Waals surface area (Å²) in [5.41, 5.74) is 1.09. The zero-order valence-electron chi connectivity index (χ0n) is 16.1. The van der Waals surface area contributed by atoms with E-state index in [0.717, 1.165) is 4.47 Å². The molecule has 0 saturated heterocycles. The molecule has 5 nitrogen and oxygen atoms in total. The Morgan fingerprint density at radius 2 is 1.93 bits per heavy atom. The van der Waals surface area contributed by atoms with Crippen LogP contribution in [0.4, 0.5) is 4.39 Å². The lowest BCUT2D eigenvalue weighted by atomic mass is 10.2. The number of benzene rings is 2. The van der Waals surface area contributed by atoms with Crippen molar-refractivity contribution in [1.29, 1.82) is 0 Å². The van der Waals surface area contributed by atoms with E-state index in [1.54, 1.807) is 30.3 Å². The average molecular weight is 533 g/mol. The zero-order chi connectivity index (χ0) is 21.4. The Balaban J connectivity index is 1.75. The highest BCUT2D eigenvalue weighted by atomic mass is 79.9. The molecule has 30 heavy (non-hydrogen) atoms. The molecule has 0 amide bonds. The van der Waals surface area contributed by atoms with E-state index in [2.05, 4.69) is 41.9 Å². The summed E-state index contributed by atoms with van der Waals surface area (Å²) in [4.78, 5) is 17.7. The Morgan fingerprint density at radius 3 is 2.67 bits per heavy atom. The number of hydrogen-bond donors (Lipinski definition) is 0. The molecule has 0 aliphatic heterocycles. The van der Waals surface area contributed by atoms with Crippen LogP contribution in [0, 0.1) is 5.82 Å². The van der Waals surface area contributed by atoms with Gasteiger partial charge in [-0.05, 0) is 64.5 Å². The van der Waals surface area contributed by atoms with Crippen molar-refractivity contribution in [2.45, 2.75) is 19.8 Å². The molecule has 0 spiro atoms. The first-order chi connectivity index (χ1) is 14.3. The van der Waals surface area contributed by atoms with Gasteiger partial charge < -0.3 is 4.42 Å². The maximum Gasteiger partial charge on any atom is 0.282 e. The van der Waals surface area contributed by atoms with Crippen molar-refractivity contribution in [3.63, 3.8) is 0 Å². The Kier molecular flexibility index (Phi) is 5.71. The van der Waals surface area contributed by atoms with E-state index in [4.69, 9.17) is 4.42 Å². The number of nitrogens with zero attached hydrogens (tertiary/aromatic N) is 3. The number of fused-ring (bicyclic) bond motifs is 1. The number of hydrogen-bond acceptors (Lipinski definition) is 4. The lowest BCUT2D eigenvalue weighted by Crippen LogP contribution is -2.23. The third kappa shape index (κ3) is 4.02. The molecule has 0 unspecified atom stereocenters. The van der Waals surface area contributed by atoms with Gasteiger partial charge in [-0.2, -0.15) is 9.78 Å². The lowest BCUT2D eigenvalue weighted by Gasteiger charge is -2.11. The molecule has 0 atom stereocenters. The van der Waals surface area contributed by atoms with Gasteiger partial charge in [-0.1, -0.05) is 29.8 Å². The van der Waals surface area contributed by atoms with Gasteiger partial charge in [0.15, 0.2) is 0 Å². The van der Waals surface area contributed by atoms with E-state index in [1.165, 1.54) is 23.0 Å². The monoisotopic (exact) mass is 531 g/mol. The van der Waals surface area contributed by atoms with Gasteiger partial charge in [-0.25, -0.2) is 9.37 Å². The molecule has 0 saturated carbocycles. The van der Waals surface area contributed by atoms with Crippen LogP contribution in [0.2, 0.25) is 0 Å².